The second kappa shape index (κ2) is 8.52. The van der Waals surface area contributed by atoms with Crippen LogP contribution < -0.4 is 14.8 Å². The molecule has 3 saturated carbocycles. The lowest BCUT2D eigenvalue weighted by molar-refractivity contribution is -0.324. The van der Waals surface area contributed by atoms with Gasteiger partial charge in [-0.3, -0.25) is 14.2 Å². The summed E-state index contributed by atoms with van der Waals surface area (Å²) in [5, 5.41) is 17.5. The van der Waals surface area contributed by atoms with Gasteiger partial charge in [0.05, 0.1) is 42.3 Å². The number of hydrogen-bond acceptors (Lipinski definition) is 6. The molecule has 2 aromatic rings. The molecule has 1 amide bonds. The van der Waals surface area contributed by atoms with Crippen molar-refractivity contribution in [1.29, 1.82) is 0 Å². The van der Waals surface area contributed by atoms with E-state index in [1.165, 1.54) is 12.3 Å². The van der Waals surface area contributed by atoms with Crippen LogP contribution in [0.4, 0.5) is 17.6 Å². The van der Waals surface area contributed by atoms with Crippen LogP contribution in [0, 0.1) is 5.82 Å². The number of hydrogen-bond donors (Lipinski definition) is 2. The van der Waals surface area contributed by atoms with E-state index in [0.29, 0.717) is 30.6 Å². The van der Waals surface area contributed by atoms with Crippen molar-refractivity contribution >= 4 is 17.5 Å². The van der Waals surface area contributed by atoms with E-state index in [2.05, 4.69) is 15.2 Å². The molecule has 190 valence electrons. The minimum Gasteiger partial charge on any atom is -0.490 e. The first-order valence-corrected chi connectivity index (χ1v) is 11.4. The topological polar surface area (TPSA) is 94.8 Å². The van der Waals surface area contributed by atoms with Gasteiger partial charge in [0.1, 0.15) is 11.6 Å². The first-order chi connectivity index (χ1) is 16.5. The third-order valence-electron chi connectivity index (χ3n) is 6.67. The number of halogens is 5. The maximum atomic E-state index is 13.8. The van der Waals surface area contributed by atoms with Crippen molar-refractivity contribution in [2.45, 2.75) is 61.8 Å². The van der Waals surface area contributed by atoms with Gasteiger partial charge in [-0.15, -0.1) is 13.2 Å². The molecule has 3 aliphatic carbocycles. The van der Waals surface area contributed by atoms with Gasteiger partial charge in [-0.2, -0.15) is 5.10 Å². The molecule has 2 heterocycles. The molecule has 4 aliphatic rings. The SMILES string of the molecule is O=C(NC12CC(n3cc(OCCCOC(F)(F)F)cn3)(C1)C2)[C@H]1C[C@@H](O)c2cc(Cl)c(F)cc2O1. The Labute approximate surface area is 202 Å². The number of benzene rings is 1. The number of aromatic nitrogens is 2. The molecule has 2 N–H and O–H groups in total. The lowest BCUT2D eigenvalue weighted by atomic mass is 9.44. The second-order valence-corrected chi connectivity index (χ2v) is 9.71. The Hall–Kier alpha value is -2.57. The number of nitrogens with one attached hydrogen (secondary N) is 1. The number of alkyl halides is 3. The molecule has 8 nitrogen and oxygen atoms in total. The number of rotatable bonds is 8. The second-order valence-electron chi connectivity index (χ2n) is 9.30. The average molecular weight is 520 g/mol. The van der Waals surface area contributed by atoms with Gasteiger partial charge >= 0.3 is 6.36 Å². The first-order valence-electron chi connectivity index (χ1n) is 11.0. The number of carbonyl (C=O) groups excluding carboxylic acids is 1. The fourth-order valence-corrected chi connectivity index (χ4v) is 5.30. The van der Waals surface area contributed by atoms with Gasteiger partial charge in [0.25, 0.3) is 5.91 Å². The van der Waals surface area contributed by atoms with Crippen molar-refractivity contribution in [3.63, 3.8) is 0 Å². The number of aliphatic hydroxyl groups is 1. The van der Waals surface area contributed by atoms with Crippen molar-refractivity contribution in [3.05, 3.63) is 40.9 Å². The van der Waals surface area contributed by atoms with E-state index in [9.17, 15) is 27.5 Å². The zero-order chi connectivity index (χ0) is 25.0. The standard InChI is InChI=1S/C22H22ClF4N3O5/c23-14-4-13-16(31)6-18(35-17(13)5-15(14)24)19(32)29-20-9-21(10-20,11-20)30-8-12(7-28-30)33-2-1-3-34-22(25,26)27/h4-5,7-8,16,18,31H,1-3,6,9-11H2,(H,29,32)/t16-,18-,20?,21?/m1/s1. The third kappa shape index (κ3) is 4.66. The summed E-state index contributed by atoms with van der Waals surface area (Å²) in [5.41, 5.74) is -0.318. The Kier molecular flexibility index (Phi) is 5.88. The van der Waals surface area contributed by atoms with Crippen molar-refractivity contribution < 1.29 is 41.7 Å². The zero-order valence-corrected chi connectivity index (χ0v) is 19.0. The summed E-state index contributed by atoms with van der Waals surface area (Å²) in [5.74, 6) is -0.550. The molecule has 0 unspecified atom stereocenters. The zero-order valence-electron chi connectivity index (χ0n) is 18.3. The van der Waals surface area contributed by atoms with Gasteiger partial charge in [0, 0.05) is 30.0 Å². The molecule has 0 radical (unpaired) electrons. The highest BCUT2D eigenvalue weighted by molar-refractivity contribution is 6.30. The smallest absolute Gasteiger partial charge is 0.490 e. The molecule has 2 atom stereocenters. The molecule has 1 aromatic heterocycles. The predicted octanol–water partition coefficient (Wildman–Crippen LogP) is 3.61. The van der Waals surface area contributed by atoms with Crippen LogP contribution in [0.2, 0.25) is 5.02 Å². The largest absolute Gasteiger partial charge is 0.522 e. The summed E-state index contributed by atoms with van der Waals surface area (Å²) in [6.07, 6.45) is -1.41. The Morgan fingerprint density at radius 2 is 2.06 bits per heavy atom. The number of aliphatic hydroxyl groups excluding tert-OH is 1. The normalized spacial score (nSPS) is 28.9. The van der Waals surface area contributed by atoms with Crippen LogP contribution in [-0.4, -0.2) is 52.0 Å². The summed E-state index contributed by atoms with van der Waals surface area (Å²) in [7, 11) is 0. The van der Waals surface area contributed by atoms with E-state index in [0.717, 1.165) is 6.07 Å². The minimum atomic E-state index is -4.65. The van der Waals surface area contributed by atoms with E-state index in [1.807, 2.05) is 0 Å². The molecule has 6 rings (SSSR count). The average Bonchev–Trinajstić information content (AvgIpc) is 3.18. The summed E-state index contributed by atoms with van der Waals surface area (Å²) >= 11 is 5.77. The Morgan fingerprint density at radius 3 is 2.77 bits per heavy atom. The molecular weight excluding hydrogens is 498 g/mol. The highest BCUT2D eigenvalue weighted by Gasteiger charge is 2.70. The van der Waals surface area contributed by atoms with Crippen LogP contribution in [0.25, 0.3) is 0 Å². The van der Waals surface area contributed by atoms with E-state index >= 15 is 0 Å². The Balaban J connectivity index is 1.11. The molecule has 1 aliphatic heterocycles. The Bertz CT molecular complexity index is 1120. The van der Waals surface area contributed by atoms with Gasteiger partial charge < -0.3 is 19.9 Å². The van der Waals surface area contributed by atoms with Crippen LogP contribution in [0.1, 0.15) is 43.8 Å². The van der Waals surface area contributed by atoms with Crippen LogP contribution in [-0.2, 0) is 15.1 Å². The molecular formula is C22H22ClF4N3O5. The number of ether oxygens (including phenoxy) is 3. The minimum absolute atomic E-state index is 0.0237. The maximum Gasteiger partial charge on any atom is 0.522 e. The summed E-state index contributed by atoms with van der Waals surface area (Å²) in [6.45, 7) is -0.430. The van der Waals surface area contributed by atoms with Gasteiger partial charge in [-0.25, -0.2) is 4.39 Å². The van der Waals surface area contributed by atoms with Crippen LogP contribution >= 0.6 is 11.6 Å². The fraction of sp³-hybridized carbons (Fsp3) is 0.545. The number of fused-ring (bicyclic) bond motifs is 1. The molecule has 35 heavy (non-hydrogen) atoms. The van der Waals surface area contributed by atoms with Gasteiger partial charge in [-0.1, -0.05) is 11.6 Å². The van der Waals surface area contributed by atoms with Crippen LogP contribution in [0.3, 0.4) is 0 Å². The summed E-state index contributed by atoms with van der Waals surface area (Å²) in [4.78, 5) is 12.8. The van der Waals surface area contributed by atoms with Crippen molar-refractivity contribution in [2.75, 3.05) is 13.2 Å². The monoisotopic (exact) mass is 519 g/mol. The quantitative estimate of drug-likeness (QED) is 0.409. The highest BCUT2D eigenvalue weighted by atomic mass is 35.5. The fourth-order valence-electron chi connectivity index (χ4n) is 5.13. The highest BCUT2D eigenvalue weighted by Crippen LogP contribution is 2.65. The molecule has 13 heteroatoms. The number of amides is 1. The third-order valence-corrected chi connectivity index (χ3v) is 6.96. The number of nitrogens with zero attached hydrogens (tertiary/aromatic N) is 2. The predicted molar refractivity (Wildman–Crippen MR) is 112 cm³/mol. The molecule has 0 saturated heterocycles. The maximum absolute atomic E-state index is 13.8. The van der Waals surface area contributed by atoms with Gasteiger partial charge in [0.2, 0.25) is 0 Å². The van der Waals surface area contributed by atoms with Crippen molar-refractivity contribution in [1.82, 2.24) is 15.1 Å². The first kappa shape index (κ1) is 24.1. The lowest BCUT2D eigenvalue weighted by Gasteiger charge is -2.70. The molecule has 3 fully saturated rings. The van der Waals surface area contributed by atoms with E-state index in [-0.39, 0.29) is 41.7 Å². The Morgan fingerprint density at radius 1 is 1.31 bits per heavy atom. The van der Waals surface area contributed by atoms with E-state index < -0.39 is 36.5 Å². The van der Waals surface area contributed by atoms with E-state index in [4.69, 9.17) is 21.1 Å². The van der Waals surface area contributed by atoms with Crippen molar-refractivity contribution in [3.8, 4) is 11.5 Å². The van der Waals surface area contributed by atoms with Crippen LogP contribution in [0.5, 0.6) is 11.5 Å². The molecule has 0 spiro atoms. The van der Waals surface area contributed by atoms with Gasteiger partial charge in [0.15, 0.2) is 11.9 Å². The molecule has 1 aromatic carbocycles. The van der Waals surface area contributed by atoms with Crippen molar-refractivity contribution in [2.24, 2.45) is 0 Å². The molecule has 2 bridgehead atoms. The van der Waals surface area contributed by atoms with Crippen LogP contribution in [0.15, 0.2) is 24.5 Å². The lowest BCUT2D eigenvalue weighted by Crippen LogP contribution is -2.79. The summed E-state index contributed by atoms with van der Waals surface area (Å²) < 4.78 is 66.2. The number of carbonyl (C=O) groups is 1. The van der Waals surface area contributed by atoms with Gasteiger partial charge in [-0.05, 0) is 25.3 Å². The summed E-state index contributed by atoms with van der Waals surface area (Å²) in [6, 6.07) is 2.37. The van der Waals surface area contributed by atoms with E-state index in [1.54, 1.807) is 10.9 Å².